The lowest BCUT2D eigenvalue weighted by atomic mass is 9.98. The summed E-state index contributed by atoms with van der Waals surface area (Å²) in [6.45, 7) is 2.30. The van der Waals surface area contributed by atoms with Crippen molar-refractivity contribution in [1.29, 1.82) is 0 Å². The van der Waals surface area contributed by atoms with Crippen LogP contribution in [0.4, 0.5) is 0 Å². The van der Waals surface area contributed by atoms with Crippen molar-refractivity contribution in [1.82, 2.24) is 0 Å². The Bertz CT molecular complexity index is 629. The van der Waals surface area contributed by atoms with Crippen molar-refractivity contribution >= 4 is 11.9 Å². The summed E-state index contributed by atoms with van der Waals surface area (Å²) < 4.78 is 4.62. The largest absolute Gasteiger partial charge is 0.393 e. The summed E-state index contributed by atoms with van der Waals surface area (Å²) in [7, 11) is 0. The van der Waals surface area contributed by atoms with Gasteiger partial charge in [-0.25, -0.2) is 0 Å². The SMILES string of the molecule is CCCCCCCCCCCCCCCCCCCCCCCCCCCCCCCCCCCCCCC1CC(=O)OC1=O. The highest BCUT2D eigenvalue weighted by Crippen LogP contribution is 2.23. The van der Waals surface area contributed by atoms with Crippen LogP contribution in [0.1, 0.15) is 251 Å². The Morgan fingerprint density at radius 2 is 0.600 bits per heavy atom. The van der Waals surface area contributed by atoms with E-state index >= 15 is 0 Å². The molecule has 0 amide bonds. The van der Waals surface area contributed by atoms with Crippen LogP contribution in [-0.2, 0) is 14.3 Å². The molecule has 0 aromatic rings. The normalized spacial score (nSPS) is 14.9. The van der Waals surface area contributed by atoms with Crippen molar-refractivity contribution < 1.29 is 14.3 Å². The number of esters is 2. The molecule has 1 unspecified atom stereocenters. The molecule has 1 saturated heterocycles. The van der Waals surface area contributed by atoms with E-state index in [1.165, 1.54) is 225 Å². The fourth-order valence-corrected chi connectivity index (χ4v) is 7.22. The molecular formula is C42H80O3. The van der Waals surface area contributed by atoms with Gasteiger partial charge in [0.25, 0.3) is 0 Å². The average Bonchev–Trinajstić information content (AvgIpc) is 3.36. The maximum atomic E-state index is 11.5. The van der Waals surface area contributed by atoms with Gasteiger partial charge in [0, 0.05) is 0 Å². The molecule has 1 fully saturated rings. The molecule has 1 heterocycles. The highest BCUT2D eigenvalue weighted by Gasteiger charge is 2.32. The quantitative estimate of drug-likeness (QED) is 0.0389. The van der Waals surface area contributed by atoms with Crippen molar-refractivity contribution in [2.24, 2.45) is 5.92 Å². The van der Waals surface area contributed by atoms with Crippen LogP contribution in [0.5, 0.6) is 0 Å². The lowest BCUT2D eigenvalue weighted by Gasteiger charge is -2.05. The fourth-order valence-electron chi connectivity index (χ4n) is 7.22. The zero-order valence-corrected chi connectivity index (χ0v) is 30.7. The Balaban J connectivity index is 1.62. The highest BCUT2D eigenvalue weighted by atomic mass is 16.6. The van der Waals surface area contributed by atoms with Gasteiger partial charge in [-0.1, -0.05) is 238 Å². The molecule has 45 heavy (non-hydrogen) atoms. The number of carbonyl (C=O) groups excluding carboxylic acids is 2. The Kier molecular flexibility index (Phi) is 32.3. The van der Waals surface area contributed by atoms with E-state index in [2.05, 4.69) is 11.7 Å². The third-order valence-corrected chi connectivity index (χ3v) is 10.4. The number of ether oxygens (including phenoxy) is 1. The summed E-state index contributed by atoms with van der Waals surface area (Å²) in [6, 6.07) is 0. The molecule has 3 heteroatoms. The molecule has 1 rings (SSSR count). The molecule has 0 aromatic carbocycles. The van der Waals surface area contributed by atoms with Gasteiger partial charge in [-0.05, 0) is 6.42 Å². The number of hydrogen-bond acceptors (Lipinski definition) is 3. The summed E-state index contributed by atoms with van der Waals surface area (Å²) in [5.41, 5.74) is 0. The molecule has 0 aliphatic carbocycles. The second-order valence-corrected chi connectivity index (χ2v) is 14.9. The highest BCUT2D eigenvalue weighted by molar-refractivity contribution is 5.94. The van der Waals surface area contributed by atoms with Crippen molar-refractivity contribution in [2.45, 2.75) is 251 Å². The van der Waals surface area contributed by atoms with Crippen LogP contribution in [-0.4, -0.2) is 11.9 Å². The van der Waals surface area contributed by atoms with E-state index in [1.54, 1.807) is 0 Å². The van der Waals surface area contributed by atoms with Crippen LogP contribution in [0.25, 0.3) is 0 Å². The number of rotatable bonds is 37. The third-order valence-electron chi connectivity index (χ3n) is 10.4. The maximum absolute atomic E-state index is 11.5. The zero-order valence-electron chi connectivity index (χ0n) is 30.7. The second-order valence-electron chi connectivity index (χ2n) is 14.9. The first-order chi connectivity index (χ1) is 22.2. The first-order valence-corrected chi connectivity index (χ1v) is 21.0. The fraction of sp³-hybridized carbons (Fsp3) is 0.952. The summed E-state index contributed by atoms with van der Waals surface area (Å²) in [6.07, 6.45) is 52.5. The molecule has 266 valence electrons. The smallest absolute Gasteiger partial charge is 0.317 e. The number of carbonyl (C=O) groups is 2. The standard InChI is InChI=1S/C42H80O3/c1-2-3-4-5-6-7-8-9-10-11-12-13-14-15-16-17-18-19-20-21-22-23-24-25-26-27-28-29-30-31-32-33-34-35-36-37-38-40-39-41(43)45-42(40)44/h40H,2-39H2,1H3. The van der Waals surface area contributed by atoms with Crippen molar-refractivity contribution in [2.75, 3.05) is 0 Å². The number of cyclic esters (lactones) is 2. The lowest BCUT2D eigenvalue weighted by Crippen LogP contribution is -2.06. The minimum Gasteiger partial charge on any atom is -0.393 e. The van der Waals surface area contributed by atoms with Crippen LogP contribution in [0.2, 0.25) is 0 Å². The van der Waals surface area contributed by atoms with Gasteiger partial charge >= 0.3 is 11.9 Å². The van der Waals surface area contributed by atoms with Crippen LogP contribution < -0.4 is 0 Å². The Hall–Kier alpha value is -0.860. The molecular weight excluding hydrogens is 552 g/mol. The molecule has 0 spiro atoms. The summed E-state index contributed by atoms with van der Waals surface area (Å²) in [5.74, 6) is -0.789. The summed E-state index contributed by atoms with van der Waals surface area (Å²) >= 11 is 0. The van der Waals surface area contributed by atoms with Gasteiger partial charge in [0.2, 0.25) is 0 Å². The van der Waals surface area contributed by atoms with E-state index < -0.39 is 0 Å². The lowest BCUT2D eigenvalue weighted by molar-refractivity contribution is -0.153. The third kappa shape index (κ3) is 30.2. The molecule has 3 nitrogen and oxygen atoms in total. The van der Waals surface area contributed by atoms with Gasteiger partial charge in [-0.15, -0.1) is 0 Å². The van der Waals surface area contributed by atoms with E-state index in [0.29, 0.717) is 6.42 Å². The Labute approximate surface area is 282 Å². The van der Waals surface area contributed by atoms with Crippen molar-refractivity contribution in [3.05, 3.63) is 0 Å². The topological polar surface area (TPSA) is 43.4 Å². The zero-order chi connectivity index (χ0) is 32.3. The van der Waals surface area contributed by atoms with Crippen LogP contribution in [0.3, 0.4) is 0 Å². The second kappa shape index (κ2) is 34.5. The minimum atomic E-state index is -0.337. The molecule has 0 bridgehead atoms. The average molecular weight is 633 g/mol. The molecule has 1 atom stereocenters. The summed E-state index contributed by atoms with van der Waals surface area (Å²) in [5, 5.41) is 0. The monoisotopic (exact) mass is 633 g/mol. The molecule has 0 aromatic heterocycles. The van der Waals surface area contributed by atoms with Gasteiger partial charge in [0.05, 0.1) is 12.3 Å². The predicted molar refractivity (Wildman–Crippen MR) is 196 cm³/mol. The van der Waals surface area contributed by atoms with Gasteiger partial charge in [-0.3, -0.25) is 9.59 Å². The van der Waals surface area contributed by atoms with E-state index in [4.69, 9.17) is 0 Å². The maximum Gasteiger partial charge on any atom is 0.317 e. The van der Waals surface area contributed by atoms with Gasteiger partial charge in [0.1, 0.15) is 0 Å². The van der Waals surface area contributed by atoms with Gasteiger partial charge < -0.3 is 4.74 Å². The van der Waals surface area contributed by atoms with Crippen LogP contribution in [0.15, 0.2) is 0 Å². The van der Waals surface area contributed by atoms with Crippen LogP contribution >= 0.6 is 0 Å². The molecule has 0 saturated carbocycles. The van der Waals surface area contributed by atoms with E-state index in [9.17, 15) is 9.59 Å². The van der Waals surface area contributed by atoms with E-state index in [0.717, 1.165) is 12.8 Å². The van der Waals surface area contributed by atoms with E-state index in [1.807, 2.05) is 0 Å². The van der Waals surface area contributed by atoms with E-state index in [-0.39, 0.29) is 17.9 Å². The number of unbranched alkanes of at least 4 members (excludes halogenated alkanes) is 35. The minimum absolute atomic E-state index is 0.157. The molecule has 1 aliphatic heterocycles. The van der Waals surface area contributed by atoms with Crippen molar-refractivity contribution in [3.8, 4) is 0 Å². The molecule has 0 N–H and O–H groups in total. The molecule has 0 radical (unpaired) electrons. The van der Waals surface area contributed by atoms with Crippen molar-refractivity contribution in [3.63, 3.8) is 0 Å². The summed E-state index contributed by atoms with van der Waals surface area (Å²) in [4.78, 5) is 22.6. The Morgan fingerprint density at radius 3 is 0.800 bits per heavy atom. The van der Waals surface area contributed by atoms with Crippen LogP contribution in [0, 0.1) is 5.92 Å². The molecule has 1 aliphatic rings. The Morgan fingerprint density at radius 1 is 0.378 bits per heavy atom. The first kappa shape index (κ1) is 42.2. The van der Waals surface area contributed by atoms with Gasteiger partial charge in [0.15, 0.2) is 0 Å². The predicted octanol–water partition coefficient (Wildman–Crippen LogP) is 14.5. The number of hydrogen-bond donors (Lipinski definition) is 0. The van der Waals surface area contributed by atoms with Gasteiger partial charge in [-0.2, -0.15) is 0 Å². The first-order valence-electron chi connectivity index (χ1n) is 21.0.